The molecule has 0 heterocycles. The van der Waals surface area contributed by atoms with Gasteiger partial charge in [0.2, 0.25) is 0 Å². The number of hydrogen-bond acceptors (Lipinski definition) is 5. The summed E-state index contributed by atoms with van der Waals surface area (Å²) in [6, 6.07) is 3.94. The van der Waals surface area contributed by atoms with Gasteiger partial charge in [0, 0.05) is 17.7 Å². The number of nitrogens with zero attached hydrogens (tertiary/aromatic N) is 2. The lowest BCUT2D eigenvalue weighted by Crippen LogP contribution is -2.23. The Bertz CT molecular complexity index is 565. The molecule has 6 nitrogen and oxygen atoms in total. The third-order valence-electron chi connectivity index (χ3n) is 3.96. The first-order valence-corrected chi connectivity index (χ1v) is 6.71. The van der Waals surface area contributed by atoms with E-state index in [4.69, 9.17) is 11.0 Å². The summed E-state index contributed by atoms with van der Waals surface area (Å²) in [5.41, 5.74) is 6.17. The van der Waals surface area contributed by atoms with Gasteiger partial charge in [-0.15, -0.1) is 12.4 Å². The van der Waals surface area contributed by atoms with Gasteiger partial charge in [0.05, 0.1) is 16.6 Å². The van der Waals surface area contributed by atoms with Crippen molar-refractivity contribution < 1.29 is 10.0 Å². The van der Waals surface area contributed by atoms with Crippen LogP contribution in [0.1, 0.15) is 49.3 Å². The topological polar surface area (TPSA) is 113 Å². The number of hydrogen-bond donors (Lipinski definition) is 2. The highest BCUT2D eigenvalue weighted by atomic mass is 35.5. The zero-order valence-electron chi connectivity index (χ0n) is 11.5. The average molecular weight is 312 g/mol. The minimum atomic E-state index is -0.687. The minimum absolute atomic E-state index is 0. The van der Waals surface area contributed by atoms with Crippen molar-refractivity contribution in [2.45, 2.75) is 38.1 Å². The fourth-order valence-electron chi connectivity index (χ4n) is 2.85. The molecule has 1 atom stereocenters. The Labute approximate surface area is 129 Å². The number of nitro groups is 1. The summed E-state index contributed by atoms with van der Waals surface area (Å²) in [5.74, 6) is -0.213. The highest BCUT2D eigenvalue weighted by molar-refractivity contribution is 5.85. The van der Waals surface area contributed by atoms with Gasteiger partial charge in [-0.2, -0.15) is 5.26 Å². The van der Waals surface area contributed by atoms with Crippen LogP contribution in [0.3, 0.4) is 0 Å². The quantitative estimate of drug-likeness (QED) is 0.657. The third kappa shape index (κ3) is 3.63. The Morgan fingerprint density at radius 2 is 2.00 bits per heavy atom. The van der Waals surface area contributed by atoms with Gasteiger partial charge in [-0.3, -0.25) is 10.1 Å². The number of nitrogens with two attached hydrogens (primary N) is 1. The van der Waals surface area contributed by atoms with E-state index < -0.39 is 22.4 Å². The third-order valence-corrected chi connectivity index (χ3v) is 3.96. The lowest BCUT2D eigenvalue weighted by atomic mass is 9.81. The van der Waals surface area contributed by atoms with Crippen LogP contribution < -0.4 is 5.73 Å². The van der Waals surface area contributed by atoms with Crippen LogP contribution in [0.15, 0.2) is 12.1 Å². The summed E-state index contributed by atoms with van der Waals surface area (Å²) < 4.78 is 0. The molecule has 0 spiro atoms. The number of rotatable bonds is 3. The number of nitro benzene ring substituents is 1. The molecule has 1 aromatic rings. The molecule has 1 aromatic carbocycles. The normalized spacial score (nSPS) is 16.6. The Balaban J connectivity index is 0.00000220. The SMILES string of the molecule is Cl.N#Cc1cc([C@H](N)C2CCCCC2)c(O)c([N+](=O)[O-])c1. The highest BCUT2D eigenvalue weighted by Crippen LogP contribution is 2.40. The van der Waals surface area contributed by atoms with Crippen molar-refractivity contribution in [1.82, 2.24) is 0 Å². The summed E-state index contributed by atoms with van der Waals surface area (Å²) >= 11 is 0. The predicted octanol–water partition coefficient (Wildman–Crippen LogP) is 3.17. The van der Waals surface area contributed by atoms with Crippen LogP contribution in [-0.2, 0) is 0 Å². The van der Waals surface area contributed by atoms with Crippen LogP contribution in [0.25, 0.3) is 0 Å². The van der Waals surface area contributed by atoms with Crippen molar-refractivity contribution in [1.29, 1.82) is 5.26 Å². The molecule has 0 amide bonds. The molecule has 2 rings (SSSR count). The van der Waals surface area contributed by atoms with Gasteiger partial charge in [-0.05, 0) is 24.8 Å². The Kier molecular flexibility index (Phi) is 5.94. The molecule has 1 aliphatic rings. The molecule has 0 bridgehead atoms. The molecule has 1 fully saturated rings. The van der Waals surface area contributed by atoms with Crippen molar-refractivity contribution in [3.8, 4) is 11.8 Å². The predicted molar refractivity (Wildman–Crippen MR) is 80.2 cm³/mol. The van der Waals surface area contributed by atoms with Crippen molar-refractivity contribution in [2.24, 2.45) is 11.7 Å². The molecule has 114 valence electrons. The van der Waals surface area contributed by atoms with Crippen molar-refractivity contribution in [3.05, 3.63) is 33.4 Å². The molecule has 7 heteroatoms. The van der Waals surface area contributed by atoms with Crippen LogP contribution in [0.4, 0.5) is 5.69 Å². The molecule has 0 saturated heterocycles. The molecule has 1 saturated carbocycles. The van der Waals surface area contributed by atoms with Crippen LogP contribution >= 0.6 is 12.4 Å². The zero-order chi connectivity index (χ0) is 14.7. The lowest BCUT2D eigenvalue weighted by Gasteiger charge is -2.28. The van der Waals surface area contributed by atoms with E-state index in [0.717, 1.165) is 31.7 Å². The summed E-state index contributed by atoms with van der Waals surface area (Å²) in [5, 5.41) is 29.9. The largest absolute Gasteiger partial charge is 0.502 e. The number of halogens is 1. The van der Waals surface area contributed by atoms with Crippen LogP contribution in [0, 0.1) is 27.4 Å². The van der Waals surface area contributed by atoms with Crippen LogP contribution in [-0.4, -0.2) is 10.0 Å². The van der Waals surface area contributed by atoms with E-state index >= 15 is 0 Å². The number of phenols is 1. The summed E-state index contributed by atoms with van der Waals surface area (Å²) in [4.78, 5) is 10.2. The van der Waals surface area contributed by atoms with E-state index in [0.29, 0.717) is 5.56 Å². The van der Waals surface area contributed by atoms with Crippen molar-refractivity contribution >= 4 is 18.1 Å². The Morgan fingerprint density at radius 3 is 2.52 bits per heavy atom. The summed E-state index contributed by atoms with van der Waals surface area (Å²) in [6.45, 7) is 0. The number of nitriles is 1. The lowest BCUT2D eigenvalue weighted by molar-refractivity contribution is -0.386. The van der Waals surface area contributed by atoms with Gasteiger partial charge in [0.1, 0.15) is 0 Å². The van der Waals surface area contributed by atoms with Gasteiger partial charge >= 0.3 is 5.69 Å². The number of aromatic hydroxyl groups is 1. The van der Waals surface area contributed by atoms with E-state index in [2.05, 4.69) is 0 Å². The van der Waals surface area contributed by atoms with Crippen LogP contribution in [0.5, 0.6) is 5.75 Å². The number of phenolic OH excluding ortho intramolecular Hbond substituents is 1. The van der Waals surface area contributed by atoms with Gasteiger partial charge in [0.15, 0.2) is 5.75 Å². The van der Waals surface area contributed by atoms with Gasteiger partial charge in [0.25, 0.3) is 0 Å². The molecule has 3 N–H and O–H groups in total. The van der Waals surface area contributed by atoms with E-state index in [9.17, 15) is 15.2 Å². The standard InChI is InChI=1S/C14H17N3O3.ClH/c15-8-9-6-11(14(18)12(7-9)17(19)20)13(16)10-4-2-1-3-5-10;/h6-7,10,13,18H,1-5,16H2;1H/t13-;/m1./s1. The first-order valence-electron chi connectivity index (χ1n) is 6.71. The van der Waals surface area contributed by atoms with Gasteiger partial charge < -0.3 is 10.8 Å². The van der Waals surface area contributed by atoms with Crippen molar-refractivity contribution in [2.75, 3.05) is 0 Å². The van der Waals surface area contributed by atoms with Crippen LogP contribution in [0.2, 0.25) is 0 Å². The number of benzene rings is 1. The second-order valence-electron chi connectivity index (χ2n) is 5.23. The average Bonchev–Trinajstić information content (AvgIpc) is 2.47. The first kappa shape index (κ1) is 17.2. The molecule has 21 heavy (non-hydrogen) atoms. The highest BCUT2D eigenvalue weighted by Gasteiger charge is 2.28. The molecule has 0 unspecified atom stereocenters. The van der Waals surface area contributed by atoms with Crippen molar-refractivity contribution in [3.63, 3.8) is 0 Å². The Hall–Kier alpha value is -1.84. The molecule has 0 aliphatic heterocycles. The fourth-order valence-corrected chi connectivity index (χ4v) is 2.85. The minimum Gasteiger partial charge on any atom is -0.502 e. The maximum absolute atomic E-state index is 10.9. The maximum Gasteiger partial charge on any atom is 0.312 e. The second-order valence-corrected chi connectivity index (χ2v) is 5.23. The zero-order valence-corrected chi connectivity index (χ0v) is 12.3. The smallest absolute Gasteiger partial charge is 0.312 e. The molecule has 1 aliphatic carbocycles. The Morgan fingerprint density at radius 1 is 1.38 bits per heavy atom. The van der Waals surface area contributed by atoms with E-state index in [1.807, 2.05) is 6.07 Å². The second kappa shape index (κ2) is 7.25. The molecular formula is C14H18ClN3O3. The molecule has 0 aromatic heterocycles. The monoisotopic (exact) mass is 311 g/mol. The molecule has 0 radical (unpaired) electrons. The summed E-state index contributed by atoms with van der Waals surface area (Å²) in [6.07, 6.45) is 5.24. The van der Waals surface area contributed by atoms with E-state index in [-0.39, 0.29) is 23.9 Å². The van der Waals surface area contributed by atoms with E-state index in [1.165, 1.54) is 12.5 Å². The fraction of sp³-hybridized carbons (Fsp3) is 0.500. The van der Waals surface area contributed by atoms with Gasteiger partial charge in [-0.1, -0.05) is 19.3 Å². The van der Waals surface area contributed by atoms with Gasteiger partial charge in [-0.25, -0.2) is 0 Å². The van der Waals surface area contributed by atoms with E-state index in [1.54, 1.807) is 0 Å². The summed E-state index contributed by atoms with van der Waals surface area (Å²) in [7, 11) is 0. The molecular weight excluding hydrogens is 294 g/mol. The maximum atomic E-state index is 10.9. The first-order chi connectivity index (χ1) is 9.54.